The molecule has 5 nitrogen and oxygen atoms in total. The number of carbonyl (C=O) groups is 1. The quantitative estimate of drug-likeness (QED) is 0.735. The second-order valence-electron chi connectivity index (χ2n) is 4.23. The Morgan fingerprint density at radius 3 is 2.94 bits per heavy atom. The van der Waals surface area contributed by atoms with Crippen LogP contribution in [0.5, 0.6) is 0 Å². The standard InChI is InChI=1S/C12H17N3O2/c1-8-7-15(5-6-17-8)10-4-2-3-9(11(10)13)12(14)16/h2-4,8H,5-7,13H2,1H3,(H2,14,16). The lowest BCUT2D eigenvalue weighted by atomic mass is 10.1. The first-order chi connectivity index (χ1) is 8.09. The van der Waals surface area contributed by atoms with Crippen LogP contribution in [0.3, 0.4) is 0 Å². The van der Waals surface area contributed by atoms with Gasteiger partial charge in [-0.1, -0.05) is 6.07 Å². The number of primary amides is 1. The molecule has 0 aliphatic carbocycles. The fourth-order valence-electron chi connectivity index (χ4n) is 2.08. The van der Waals surface area contributed by atoms with Gasteiger partial charge in [-0.2, -0.15) is 0 Å². The third-order valence-electron chi connectivity index (χ3n) is 2.93. The molecule has 1 aliphatic heterocycles. The summed E-state index contributed by atoms with van der Waals surface area (Å²) < 4.78 is 5.47. The molecule has 1 aliphatic rings. The molecule has 1 atom stereocenters. The monoisotopic (exact) mass is 235 g/mol. The summed E-state index contributed by atoms with van der Waals surface area (Å²) in [6.07, 6.45) is 0.167. The van der Waals surface area contributed by atoms with Gasteiger partial charge in [0.2, 0.25) is 0 Å². The van der Waals surface area contributed by atoms with Crippen LogP contribution in [0, 0.1) is 0 Å². The van der Waals surface area contributed by atoms with Gasteiger partial charge in [-0.15, -0.1) is 0 Å². The Morgan fingerprint density at radius 2 is 2.29 bits per heavy atom. The molecule has 1 saturated heterocycles. The number of para-hydroxylation sites is 1. The summed E-state index contributed by atoms with van der Waals surface area (Å²) in [4.78, 5) is 13.3. The highest BCUT2D eigenvalue weighted by Gasteiger charge is 2.20. The minimum atomic E-state index is -0.495. The minimum absolute atomic E-state index is 0.167. The van der Waals surface area contributed by atoms with Crippen molar-refractivity contribution in [2.24, 2.45) is 5.73 Å². The van der Waals surface area contributed by atoms with E-state index in [-0.39, 0.29) is 6.10 Å². The van der Waals surface area contributed by atoms with Crippen LogP contribution >= 0.6 is 0 Å². The summed E-state index contributed by atoms with van der Waals surface area (Å²) in [5.74, 6) is -0.495. The molecule has 92 valence electrons. The molecule has 0 spiro atoms. The number of nitrogen functional groups attached to an aromatic ring is 1. The molecule has 1 heterocycles. The maximum absolute atomic E-state index is 11.2. The van der Waals surface area contributed by atoms with E-state index in [0.717, 1.165) is 18.8 Å². The first kappa shape index (κ1) is 11.7. The molecule has 2 rings (SSSR count). The number of anilines is 2. The maximum Gasteiger partial charge on any atom is 0.250 e. The largest absolute Gasteiger partial charge is 0.396 e. The Kier molecular flexibility index (Phi) is 3.19. The van der Waals surface area contributed by atoms with E-state index in [9.17, 15) is 4.79 Å². The first-order valence-corrected chi connectivity index (χ1v) is 5.64. The molecule has 0 bridgehead atoms. The molecule has 5 heteroatoms. The van der Waals surface area contributed by atoms with Gasteiger partial charge in [0, 0.05) is 13.1 Å². The van der Waals surface area contributed by atoms with Crippen molar-refractivity contribution in [1.29, 1.82) is 0 Å². The van der Waals surface area contributed by atoms with E-state index in [1.54, 1.807) is 12.1 Å². The summed E-state index contributed by atoms with van der Waals surface area (Å²) >= 11 is 0. The third-order valence-corrected chi connectivity index (χ3v) is 2.93. The van der Waals surface area contributed by atoms with Crippen molar-refractivity contribution in [3.05, 3.63) is 23.8 Å². The molecule has 4 N–H and O–H groups in total. The zero-order valence-electron chi connectivity index (χ0n) is 9.85. The molecular formula is C12H17N3O2. The number of hydrogen-bond acceptors (Lipinski definition) is 4. The molecule has 0 aromatic heterocycles. The molecule has 0 saturated carbocycles. The van der Waals surface area contributed by atoms with Crippen LogP contribution in [0.4, 0.5) is 11.4 Å². The van der Waals surface area contributed by atoms with Crippen molar-refractivity contribution in [3.8, 4) is 0 Å². The van der Waals surface area contributed by atoms with E-state index >= 15 is 0 Å². The first-order valence-electron chi connectivity index (χ1n) is 5.64. The van der Waals surface area contributed by atoms with Gasteiger partial charge in [0.1, 0.15) is 0 Å². The number of benzene rings is 1. The van der Waals surface area contributed by atoms with Gasteiger partial charge in [-0.3, -0.25) is 4.79 Å². The van der Waals surface area contributed by atoms with E-state index in [1.807, 2.05) is 13.0 Å². The van der Waals surface area contributed by atoms with Crippen molar-refractivity contribution in [1.82, 2.24) is 0 Å². The van der Waals surface area contributed by atoms with Gasteiger partial charge in [0.25, 0.3) is 5.91 Å². The lowest BCUT2D eigenvalue weighted by Gasteiger charge is -2.33. The lowest BCUT2D eigenvalue weighted by Crippen LogP contribution is -2.41. The van der Waals surface area contributed by atoms with Gasteiger partial charge >= 0.3 is 0 Å². The maximum atomic E-state index is 11.2. The number of ether oxygens (including phenoxy) is 1. The van der Waals surface area contributed by atoms with Crippen LogP contribution in [0.2, 0.25) is 0 Å². The van der Waals surface area contributed by atoms with E-state index < -0.39 is 5.91 Å². The van der Waals surface area contributed by atoms with Crippen LogP contribution < -0.4 is 16.4 Å². The highest BCUT2D eigenvalue weighted by atomic mass is 16.5. The molecule has 0 radical (unpaired) electrons. The van der Waals surface area contributed by atoms with Crippen LogP contribution in [0.1, 0.15) is 17.3 Å². The van der Waals surface area contributed by atoms with Crippen LogP contribution in [-0.2, 0) is 4.74 Å². The molecular weight excluding hydrogens is 218 g/mol. The van der Waals surface area contributed by atoms with E-state index in [0.29, 0.717) is 17.9 Å². The zero-order chi connectivity index (χ0) is 12.4. The molecule has 17 heavy (non-hydrogen) atoms. The normalized spacial score (nSPS) is 20.3. The number of carbonyl (C=O) groups excluding carboxylic acids is 1. The number of nitrogens with two attached hydrogens (primary N) is 2. The SMILES string of the molecule is CC1CN(c2cccc(C(N)=O)c2N)CCO1. The lowest BCUT2D eigenvalue weighted by molar-refractivity contribution is 0.0533. The Balaban J connectivity index is 2.32. The zero-order valence-corrected chi connectivity index (χ0v) is 9.85. The second-order valence-corrected chi connectivity index (χ2v) is 4.23. The predicted octanol–water partition coefficient (Wildman–Crippen LogP) is 0.593. The predicted molar refractivity (Wildman–Crippen MR) is 67.0 cm³/mol. The van der Waals surface area contributed by atoms with Gasteiger partial charge in [-0.25, -0.2) is 0 Å². The number of amides is 1. The van der Waals surface area contributed by atoms with Crippen LogP contribution in [0.15, 0.2) is 18.2 Å². The number of nitrogens with zero attached hydrogens (tertiary/aromatic N) is 1. The third kappa shape index (κ3) is 2.34. The van der Waals surface area contributed by atoms with Gasteiger partial charge in [0.15, 0.2) is 0 Å². The van der Waals surface area contributed by atoms with E-state index in [4.69, 9.17) is 16.2 Å². The van der Waals surface area contributed by atoms with E-state index in [2.05, 4.69) is 4.90 Å². The van der Waals surface area contributed by atoms with Gasteiger partial charge in [-0.05, 0) is 19.1 Å². The highest BCUT2D eigenvalue weighted by Crippen LogP contribution is 2.27. The van der Waals surface area contributed by atoms with Crippen LogP contribution in [0.25, 0.3) is 0 Å². The topological polar surface area (TPSA) is 81.6 Å². The van der Waals surface area contributed by atoms with Crippen molar-refractivity contribution < 1.29 is 9.53 Å². The average molecular weight is 235 g/mol. The molecule has 1 fully saturated rings. The molecule has 1 amide bonds. The summed E-state index contributed by atoms with van der Waals surface area (Å²) in [5, 5.41) is 0. The smallest absolute Gasteiger partial charge is 0.250 e. The second kappa shape index (κ2) is 4.63. The molecule has 1 aromatic rings. The summed E-state index contributed by atoms with van der Waals surface area (Å²) in [6, 6.07) is 5.34. The van der Waals surface area contributed by atoms with Crippen molar-refractivity contribution in [2.45, 2.75) is 13.0 Å². The van der Waals surface area contributed by atoms with Gasteiger partial charge < -0.3 is 21.1 Å². The molecule has 1 unspecified atom stereocenters. The van der Waals surface area contributed by atoms with Crippen LogP contribution in [-0.4, -0.2) is 31.7 Å². The fourth-order valence-corrected chi connectivity index (χ4v) is 2.08. The Bertz CT molecular complexity index is 434. The Hall–Kier alpha value is -1.75. The average Bonchev–Trinajstić information content (AvgIpc) is 2.29. The molecule has 1 aromatic carbocycles. The van der Waals surface area contributed by atoms with Crippen molar-refractivity contribution in [3.63, 3.8) is 0 Å². The minimum Gasteiger partial charge on any atom is -0.396 e. The number of morpholine rings is 1. The van der Waals surface area contributed by atoms with Crippen molar-refractivity contribution >= 4 is 17.3 Å². The Morgan fingerprint density at radius 1 is 1.53 bits per heavy atom. The van der Waals surface area contributed by atoms with Crippen molar-refractivity contribution in [2.75, 3.05) is 30.3 Å². The Labute approximate surface area is 100 Å². The summed E-state index contributed by atoms with van der Waals surface area (Å²) in [7, 11) is 0. The highest BCUT2D eigenvalue weighted by molar-refractivity contribution is 6.00. The summed E-state index contributed by atoms with van der Waals surface area (Å²) in [5.41, 5.74) is 12.9. The van der Waals surface area contributed by atoms with E-state index in [1.165, 1.54) is 0 Å². The number of hydrogen-bond donors (Lipinski definition) is 2. The number of rotatable bonds is 2. The fraction of sp³-hybridized carbons (Fsp3) is 0.417. The van der Waals surface area contributed by atoms with Gasteiger partial charge in [0.05, 0.1) is 29.6 Å². The summed E-state index contributed by atoms with van der Waals surface area (Å²) in [6.45, 7) is 4.23.